The Labute approximate surface area is 213 Å². The van der Waals surface area contributed by atoms with Crippen LogP contribution in [-0.2, 0) is 11.3 Å². The number of fused-ring (bicyclic) bond motifs is 2. The molecule has 1 unspecified atom stereocenters. The minimum absolute atomic E-state index is 0.00421. The first-order valence-electron chi connectivity index (χ1n) is 12.1. The predicted molar refractivity (Wildman–Crippen MR) is 127 cm³/mol. The molecular formula is C24H24F5N7O2. The minimum Gasteiger partial charge on any atom is -0.479 e. The summed E-state index contributed by atoms with van der Waals surface area (Å²) in [6.45, 7) is 0.190. The summed E-state index contributed by atoms with van der Waals surface area (Å²) in [6, 6.07) is 1.36. The number of hydrogen-bond donors (Lipinski definition) is 1. The van der Waals surface area contributed by atoms with E-state index in [2.05, 4.69) is 20.4 Å². The van der Waals surface area contributed by atoms with Crippen LogP contribution in [0.2, 0.25) is 0 Å². The fourth-order valence-corrected chi connectivity index (χ4v) is 5.08. The van der Waals surface area contributed by atoms with Crippen LogP contribution in [0.3, 0.4) is 0 Å². The second-order valence-corrected chi connectivity index (χ2v) is 9.45. The Kier molecular flexibility index (Phi) is 6.10. The Hall–Kier alpha value is -3.52. The number of piperidine rings is 1. The van der Waals surface area contributed by atoms with E-state index in [-0.39, 0.29) is 58.5 Å². The summed E-state index contributed by atoms with van der Waals surface area (Å²) in [4.78, 5) is 9.91. The van der Waals surface area contributed by atoms with E-state index in [4.69, 9.17) is 9.47 Å². The van der Waals surface area contributed by atoms with E-state index in [0.717, 1.165) is 16.8 Å². The number of ether oxygens (including phenoxy) is 2. The van der Waals surface area contributed by atoms with Gasteiger partial charge in [-0.15, -0.1) is 5.10 Å². The fourth-order valence-electron chi connectivity index (χ4n) is 5.08. The number of alkyl halides is 3. The molecule has 1 aromatic carbocycles. The number of methoxy groups -OCH3 is 1. The zero-order valence-electron chi connectivity index (χ0n) is 20.3. The number of rotatable bonds is 7. The van der Waals surface area contributed by atoms with Gasteiger partial charge >= 0.3 is 0 Å². The van der Waals surface area contributed by atoms with Crippen molar-refractivity contribution in [1.29, 1.82) is 0 Å². The number of aromatic nitrogens is 5. The third kappa shape index (κ3) is 4.11. The highest BCUT2D eigenvalue weighted by atomic mass is 19.3. The average Bonchev–Trinajstić information content (AvgIpc) is 3.39. The molecular weight excluding hydrogens is 513 g/mol. The van der Waals surface area contributed by atoms with Crippen LogP contribution in [-0.4, -0.2) is 87.1 Å². The molecule has 0 radical (unpaired) electrons. The van der Waals surface area contributed by atoms with E-state index >= 15 is 4.39 Å². The van der Waals surface area contributed by atoms with Crippen molar-refractivity contribution in [2.24, 2.45) is 0 Å². The Balaban J connectivity index is 1.36. The first-order valence-corrected chi connectivity index (χ1v) is 12.1. The molecule has 6 rings (SSSR count). The van der Waals surface area contributed by atoms with E-state index < -0.39 is 36.8 Å². The molecule has 2 saturated heterocycles. The highest BCUT2D eigenvalue weighted by molar-refractivity contribution is 5.90. The zero-order chi connectivity index (χ0) is 26.6. The first-order chi connectivity index (χ1) is 18.3. The summed E-state index contributed by atoms with van der Waals surface area (Å²) in [5.74, 6) is -4.79. The summed E-state index contributed by atoms with van der Waals surface area (Å²) >= 11 is 0. The summed E-state index contributed by atoms with van der Waals surface area (Å²) in [6.07, 6.45) is 2.50. The first kappa shape index (κ1) is 24.8. The highest BCUT2D eigenvalue weighted by Gasteiger charge is 2.47. The van der Waals surface area contributed by atoms with Gasteiger partial charge in [0.05, 0.1) is 69.1 Å². The van der Waals surface area contributed by atoms with Crippen molar-refractivity contribution in [3.8, 4) is 17.0 Å². The number of nitrogens with zero attached hydrogens (tertiary/aromatic N) is 6. The maximum absolute atomic E-state index is 15.3. The molecule has 14 heteroatoms. The van der Waals surface area contributed by atoms with Gasteiger partial charge in [0, 0.05) is 6.54 Å². The third-order valence-corrected chi connectivity index (χ3v) is 7.11. The molecule has 0 bridgehead atoms. The van der Waals surface area contributed by atoms with E-state index in [1.54, 1.807) is 4.90 Å². The lowest BCUT2D eigenvalue weighted by atomic mass is 9.98. The van der Waals surface area contributed by atoms with Gasteiger partial charge in [0.1, 0.15) is 17.7 Å². The minimum atomic E-state index is -3.07. The Morgan fingerprint density at radius 1 is 1.21 bits per heavy atom. The van der Waals surface area contributed by atoms with Crippen LogP contribution in [0, 0.1) is 11.6 Å². The van der Waals surface area contributed by atoms with Crippen LogP contribution in [0.4, 0.5) is 27.9 Å². The van der Waals surface area contributed by atoms with Gasteiger partial charge in [-0.1, -0.05) is 0 Å². The molecule has 2 aliphatic rings. The van der Waals surface area contributed by atoms with Crippen LogP contribution >= 0.6 is 0 Å². The van der Waals surface area contributed by atoms with Crippen molar-refractivity contribution in [2.45, 2.75) is 31.0 Å². The highest BCUT2D eigenvalue weighted by Crippen LogP contribution is 2.37. The third-order valence-electron chi connectivity index (χ3n) is 7.11. The van der Waals surface area contributed by atoms with Crippen LogP contribution < -0.4 is 10.1 Å². The smallest absolute Gasteiger partial charge is 0.280 e. The van der Waals surface area contributed by atoms with Crippen LogP contribution in [0.25, 0.3) is 27.7 Å². The molecule has 0 spiro atoms. The van der Waals surface area contributed by atoms with Crippen molar-refractivity contribution in [1.82, 2.24) is 29.0 Å². The monoisotopic (exact) mass is 537 g/mol. The van der Waals surface area contributed by atoms with Gasteiger partial charge in [-0.2, -0.15) is 4.98 Å². The molecule has 0 amide bonds. The molecule has 0 aliphatic carbocycles. The van der Waals surface area contributed by atoms with Gasteiger partial charge in [0.2, 0.25) is 11.8 Å². The lowest BCUT2D eigenvalue weighted by Gasteiger charge is -2.44. The summed E-state index contributed by atoms with van der Waals surface area (Å²) in [5.41, 5.74) is 0.479. The number of imidazole rings is 1. The van der Waals surface area contributed by atoms with E-state index in [0.29, 0.717) is 19.8 Å². The molecule has 3 aromatic heterocycles. The van der Waals surface area contributed by atoms with Gasteiger partial charge in [0.25, 0.3) is 5.92 Å². The number of likely N-dealkylation sites (tertiary alicyclic amines) is 1. The zero-order valence-corrected chi connectivity index (χ0v) is 20.3. The summed E-state index contributed by atoms with van der Waals surface area (Å²) in [7, 11) is 1.30. The summed E-state index contributed by atoms with van der Waals surface area (Å²) in [5, 5.41) is 6.89. The normalized spacial score (nSPS) is 20.2. The van der Waals surface area contributed by atoms with Gasteiger partial charge in [0.15, 0.2) is 11.6 Å². The lowest BCUT2D eigenvalue weighted by Crippen LogP contribution is -2.61. The molecule has 1 N–H and O–H groups in total. The maximum Gasteiger partial charge on any atom is 0.280 e. The van der Waals surface area contributed by atoms with E-state index in [1.165, 1.54) is 24.1 Å². The van der Waals surface area contributed by atoms with Gasteiger partial charge in [-0.25, -0.2) is 31.5 Å². The Morgan fingerprint density at radius 2 is 2.03 bits per heavy atom. The molecule has 1 atom stereocenters. The second-order valence-electron chi connectivity index (χ2n) is 9.45. The molecule has 4 aromatic rings. The molecule has 0 saturated carbocycles. The maximum atomic E-state index is 15.3. The SMILES string of the molecule is COc1nc(NC2CCN(C3COC3)CC2(F)F)nn2cc(F)c(-c3cc(F)c4ncn(CCF)c4c3)c12. The summed E-state index contributed by atoms with van der Waals surface area (Å²) < 4.78 is 86.1. The van der Waals surface area contributed by atoms with Gasteiger partial charge in [-0.3, -0.25) is 4.90 Å². The molecule has 5 heterocycles. The number of hydrogen-bond acceptors (Lipinski definition) is 7. The lowest BCUT2D eigenvalue weighted by molar-refractivity contribution is -0.131. The van der Waals surface area contributed by atoms with Gasteiger partial charge in [-0.05, 0) is 24.1 Å². The van der Waals surface area contributed by atoms with Crippen molar-refractivity contribution < 1.29 is 31.4 Å². The molecule has 9 nitrogen and oxygen atoms in total. The standard InChI is InChI=1S/C24H24F5N7O2/c1-37-22-21-19(13-6-15(26)20-17(7-13)35(5-3-25)12-30-20)16(27)8-36(21)33-23(32-22)31-18-2-4-34(11-24(18,28)29)14-9-38-10-14/h6-8,12,14,18H,2-5,9-11H2,1H3,(H,31,33). The number of benzene rings is 1. The molecule has 2 aliphatic heterocycles. The molecule has 2 fully saturated rings. The van der Waals surface area contributed by atoms with E-state index in [9.17, 15) is 17.6 Å². The quantitative estimate of drug-likeness (QED) is 0.362. The van der Waals surface area contributed by atoms with E-state index in [1.807, 2.05) is 0 Å². The second kappa shape index (κ2) is 9.34. The number of nitrogens with one attached hydrogen (secondary N) is 1. The number of anilines is 1. The van der Waals surface area contributed by atoms with Crippen molar-refractivity contribution in [2.75, 3.05) is 45.4 Å². The van der Waals surface area contributed by atoms with Crippen LogP contribution in [0.1, 0.15) is 6.42 Å². The van der Waals surface area contributed by atoms with Crippen molar-refractivity contribution in [3.63, 3.8) is 0 Å². The fraction of sp³-hybridized carbons (Fsp3) is 0.458. The largest absolute Gasteiger partial charge is 0.479 e. The molecule has 202 valence electrons. The Bertz CT molecular complexity index is 1500. The van der Waals surface area contributed by atoms with Crippen LogP contribution in [0.5, 0.6) is 5.88 Å². The van der Waals surface area contributed by atoms with Crippen molar-refractivity contribution in [3.05, 3.63) is 36.3 Å². The topological polar surface area (TPSA) is 81.7 Å². The average molecular weight is 537 g/mol. The number of halogens is 5. The van der Waals surface area contributed by atoms with Gasteiger partial charge < -0.3 is 19.4 Å². The van der Waals surface area contributed by atoms with Crippen molar-refractivity contribution >= 4 is 22.5 Å². The predicted octanol–water partition coefficient (Wildman–Crippen LogP) is 3.52. The Morgan fingerprint density at radius 3 is 2.71 bits per heavy atom. The van der Waals surface area contributed by atoms with Crippen LogP contribution in [0.15, 0.2) is 24.7 Å². The molecule has 38 heavy (non-hydrogen) atoms. The number of aryl methyl sites for hydroxylation is 1.